The van der Waals surface area contributed by atoms with Crippen LogP contribution in [0.5, 0.6) is 0 Å². The number of allylic oxidation sites excluding steroid dienone is 2. The van der Waals surface area contributed by atoms with Crippen LogP contribution in [-0.2, 0) is 9.59 Å². The Kier molecular flexibility index (Phi) is 4.41. The Hall–Kier alpha value is -3.15. The van der Waals surface area contributed by atoms with Gasteiger partial charge in [0, 0.05) is 17.0 Å². The lowest BCUT2D eigenvalue weighted by Crippen LogP contribution is -2.31. The van der Waals surface area contributed by atoms with Crippen LogP contribution in [0.4, 0.5) is 5.69 Å². The summed E-state index contributed by atoms with van der Waals surface area (Å²) in [6, 6.07) is 10.5. The highest BCUT2D eigenvalue weighted by atomic mass is 16.2. The molecule has 0 spiro atoms. The number of amides is 3. The number of nitrogens with zero attached hydrogens (tertiary/aromatic N) is 2. The van der Waals surface area contributed by atoms with Crippen molar-refractivity contribution in [1.82, 2.24) is 4.68 Å². The number of nitrogens with one attached hydrogen (secondary N) is 1. The van der Waals surface area contributed by atoms with Crippen molar-refractivity contribution in [3.8, 4) is 0 Å². The molecule has 0 radical (unpaired) electrons. The van der Waals surface area contributed by atoms with E-state index in [1.54, 1.807) is 28.9 Å². The van der Waals surface area contributed by atoms with Gasteiger partial charge in [0.1, 0.15) is 0 Å². The zero-order valence-electron chi connectivity index (χ0n) is 16.2. The average Bonchev–Trinajstić information content (AvgIpc) is 3.13. The maximum atomic E-state index is 12.9. The summed E-state index contributed by atoms with van der Waals surface area (Å²) in [4.78, 5) is 39.5. The van der Waals surface area contributed by atoms with Gasteiger partial charge in [-0.15, -0.1) is 0 Å². The minimum absolute atomic E-state index is 0.0540. The van der Waals surface area contributed by atoms with Crippen molar-refractivity contribution in [3.05, 3.63) is 65.5 Å². The third-order valence-corrected chi connectivity index (χ3v) is 5.74. The minimum Gasteiger partial charge on any atom is -0.274 e. The molecule has 1 aliphatic heterocycles. The van der Waals surface area contributed by atoms with Crippen LogP contribution in [0.1, 0.15) is 35.1 Å². The molecular formula is C22H23N3O3. The van der Waals surface area contributed by atoms with Gasteiger partial charge in [0.25, 0.3) is 5.91 Å². The van der Waals surface area contributed by atoms with Gasteiger partial charge < -0.3 is 0 Å². The molecule has 0 bridgehead atoms. The number of aryl methyl sites for hydroxylation is 2. The number of imide groups is 1. The van der Waals surface area contributed by atoms with Crippen LogP contribution in [0.15, 0.2) is 48.6 Å². The molecular weight excluding hydrogens is 354 g/mol. The maximum absolute atomic E-state index is 12.9. The normalized spacial score (nSPS) is 23.8. The second-order valence-electron chi connectivity index (χ2n) is 7.61. The van der Waals surface area contributed by atoms with E-state index in [0.717, 1.165) is 11.4 Å². The molecule has 3 amide bonds. The van der Waals surface area contributed by atoms with Crippen molar-refractivity contribution in [3.63, 3.8) is 0 Å². The zero-order chi connectivity index (χ0) is 20.0. The van der Waals surface area contributed by atoms with E-state index in [1.165, 1.54) is 4.90 Å². The Morgan fingerprint density at radius 1 is 1.00 bits per heavy atom. The highest BCUT2D eigenvalue weighted by Crippen LogP contribution is 2.40. The number of hydrogen-bond acceptors (Lipinski definition) is 3. The first-order valence-electron chi connectivity index (χ1n) is 9.49. The van der Waals surface area contributed by atoms with Gasteiger partial charge in [-0.25, -0.2) is 0 Å². The molecule has 6 heteroatoms. The van der Waals surface area contributed by atoms with E-state index in [0.29, 0.717) is 17.7 Å². The molecule has 0 saturated carbocycles. The summed E-state index contributed by atoms with van der Waals surface area (Å²) in [6.45, 7) is 5.80. The zero-order valence-corrected chi connectivity index (χ0v) is 16.2. The third-order valence-electron chi connectivity index (χ3n) is 5.74. The number of anilines is 1. The Balaban J connectivity index is 1.54. The number of fused-ring (bicyclic) bond motifs is 1. The summed E-state index contributed by atoms with van der Waals surface area (Å²) in [6.07, 6.45) is 4.60. The standard InChI is InChI=1S/C22H23N3O3/c1-13-5-4-6-18-19(13)22(28)24(21(18)27)17-11-9-16(10-12-17)20(26)23-25-14(2)7-8-15(25)3/h4-5,7-13,18-19H,6H2,1-3H3,(H,23,26)/t13-,18+,19-/m0/s1. The lowest BCUT2D eigenvalue weighted by molar-refractivity contribution is -0.122. The first-order valence-corrected chi connectivity index (χ1v) is 9.49. The summed E-state index contributed by atoms with van der Waals surface area (Å²) in [7, 11) is 0. The molecule has 4 rings (SSSR count). The van der Waals surface area contributed by atoms with Gasteiger partial charge >= 0.3 is 0 Å². The van der Waals surface area contributed by atoms with Gasteiger partial charge in [-0.1, -0.05) is 19.1 Å². The van der Waals surface area contributed by atoms with E-state index < -0.39 is 0 Å². The van der Waals surface area contributed by atoms with E-state index in [-0.39, 0.29) is 35.5 Å². The maximum Gasteiger partial charge on any atom is 0.270 e. The minimum atomic E-state index is -0.292. The van der Waals surface area contributed by atoms with Gasteiger partial charge in [0.2, 0.25) is 11.8 Å². The number of aromatic nitrogens is 1. The summed E-state index contributed by atoms with van der Waals surface area (Å²) in [5.74, 6) is -1.07. The molecule has 1 aromatic heterocycles. The van der Waals surface area contributed by atoms with Crippen molar-refractivity contribution < 1.29 is 14.4 Å². The summed E-state index contributed by atoms with van der Waals surface area (Å²) in [5.41, 5.74) is 5.69. The molecule has 3 atom stereocenters. The lowest BCUT2D eigenvalue weighted by atomic mass is 9.78. The van der Waals surface area contributed by atoms with Crippen LogP contribution in [0, 0.1) is 31.6 Å². The number of carbonyl (C=O) groups is 3. The highest BCUT2D eigenvalue weighted by molar-refractivity contribution is 6.22. The number of benzene rings is 1. The van der Waals surface area contributed by atoms with Gasteiger partial charge in [0.05, 0.1) is 17.5 Å². The highest BCUT2D eigenvalue weighted by Gasteiger charge is 2.50. The van der Waals surface area contributed by atoms with Crippen molar-refractivity contribution in [2.75, 3.05) is 10.3 Å². The number of hydrogen-bond donors (Lipinski definition) is 1. The Bertz CT molecular complexity index is 967. The van der Waals surface area contributed by atoms with Crippen LogP contribution in [0.2, 0.25) is 0 Å². The molecule has 1 aliphatic carbocycles. The topological polar surface area (TPSA) is 71.4 Å². The monoisotopic (exact) mass is 377 g/mol. The molecule has 1 fully saturated rings. The molecule has 144 valence electrons. The van der Waals surface area contributed by atoms with E-state index in [9.17, 15) is 14.4 Å². The van der Waals surface area contributed by atoms with Gasteiger partial charge in [0.15, 0.2) is 0 Å². The first-order chi connectivity index (χ1) is 13.4. The second-order valence-corrected chi connectivity index (χ2v) is 7.61. The molecule has 28 heavy (non-hydrogen) atoms. The van der Waals surface area contributed by atoms with Crippen molar-refractivity contribution in [2.24, 2.45) is 17.8 Å². The first kappa shape index (κ1) is 18.2. The summed E-state index contributed by atoms with van der Waals surface area (Å²) in [5, 5.41) is 0. The molecule has 1 aromatic carbocycles. The predicted molar refractivity (Wildman–Crippen MR) is 106 cm³/mol. The quantitative estimate of drug-likeness (QED) is 0.660. The average molecular weight is 377 g/mol. The molecule has 2 heterocycles. The fourth-order valence-corrected chi connectivity index (χ4v) is 4.17. The SMILES string of the molecule is Cc1ccc(C)n1NC(=O)c1ccc(N2C(=O)[C@H]3[C@@H](C)C=CC[C@H]3C2=O)cc1. The van der Waals surface area contributed by atoms with Crippen molar-refractivity contribution in [2.45, 2.75) is 27.2 Å². The van der Waals surface area contributed by atoms with Crippen LogP contribution in [0.25, 0.3) is 0 Å². The number of rotatable bonds is 3. The van der Waals surface area contributed by atoms with Crippen molar-refractivity contribution in [1.29, 1.82) is 0 Å². The van der Waals surface area contributed by atoms with Crippen LogP contribution >= 0.6 is 0 Å². The third kappa shape index (κ3) is 2.85. The molecule has 1 N–H and O–H groups in total. The Morgan fingerprint density at radius 2 is 1.64 bits per heavy atom. The van der Waals surface area contributed by atoms with E-state index in [4.69, 9.17) is 0 Å². The molecule has 2 aromatic rings. The fraction of sp³-hybridized carbons (Fsp3) is 0.318. The fourth-order valence-electron chi connectivity index (χ4n) is 4.17. The van der Waals surface area contributed by atoms with Crippen LogP contribution in [0.3, 0.4) is 0 Å². The van der Waals surface area contributed by atoms with Gasteiger partial charge in [-0.3, -0.25) is 29.4 Å². The Morgan fingerprint density at radius 3 is 2.25 bits per heavy atom. The summed E-state index contributed by atoms with van der Waals surface area (Å²) >= 11 is 0. The van der Waals surface area contributed by atoms with E-state index >= 15 is 0 Å². The molecule has 0 unspecified atom stereocenters. The molecule has 2 aliphatic rings. The van der Waals surface area contributed by atoms with Gasteiger partial charge in [-0.05, 0) is 62.6 Å². The van der Waals surface area contributed by atoms with Gasteiger partial charge in [-0.2, -0.15) is 0 Å². The van der Waals surface area contributed by atoms with Crippen LogP contribution < -0.4 is 10.3 Å². The van der Waals surface area contributed by atoms with E-state index in [2.05, 4.69) is 5.43 Å². The lowest BCUT2D eigenvalue weighted by Gasteiger charge is -2.22. The smallest absolute Gasteiger partial charge is 0.270 e. The molecule has 1 saturated heterocycles. The largest absolute Gasteiger partial charge is 0.274 e. The Labute approximate surface area is 163 Å². The van der Waals surface area contributed by atoms with E-state index in [1.807, 2.05) is 45.1 Å². The van der Waals surface area contributed by atoms with Crippen molar-refractivity contribution >= 4 is 23.4 Å². The molecule has 6 nitrogen and oxygen atoms in total. The second kappa shape index (κ2) is 6.78. The predicted octanol–water partition coefficient (Wildman–Crippen LogP) is 3.19. The number of carbonyl (C=O) groups excluding carboxylic acids is 3. The summed E-state index contributed by atoms with van der Waals surface area (Å²) < 4.78 is 1.73. The van der Waals surface area contributed by atoms with Crippen LogP contribution in [-0.4, -0.2) is 22.4 Å².